The van der Waals surface area contributed by atoms with Crippen molar-refractivity contribution in [1.29, 1.82) is 0 Å². The summed E-state index contributed by atoms with van der Waals surface area (Å²) >= 11 is 3.15. The highest BCUT2D eigenvalue weighted by Gasteiger charge is 2.39. The molecule has 7 heteroatoms. The van der Waals surface area contributed by atoms with E-state index >= 15 is 0 Å². The zero-order valence-electron chi connectivity index (χ0n) is 9.28. The second-order valence-electron chi connectivity index (χ2n) is 4.07. The third-order valence-corrected chi connectivity index (χ3v) is 3.27. The first-order valence-corrected chi connectivity index (χ1v) is 6.11. The molecule has 1 aromatic heterocycles. The van der Waals surface area contributed by atoms with E-state index in [4.69, 9.17) is 5.11 Å². The Hall–Kier alpha value is -1.47. The molecule has 1 unspecified atom stereocenters. The summed E-state index contributed by atoms with van der Waals surface area (Å²) < 4.78 is 0.593. The van der Waals surface area contributed by atoms with E-state index in [-0.39, 0.29) is 13.0 Å². The lowest BCUT2D eigenvalue weighted by Gasteiger charge is -2.20. The van der Waals surface area contributed by atoms with Crippen LogP contribution in [0.2, 0.25) is 0 Å². The minimum Gasteiger partial charge on any atom is -0.480 e. The molecule has 2 heterocycles. The van der Waals surface area contributed by atoms with Crippen LogP contribution in [0.4, 0.5) is 0 Å². The summed E-state index contributed by atoms with van der Waals surface area (Å²) in [5.41, 5.74) is 0.304. The number of carboxylic acids is 1. The average molecular weight is 315 g/mol. The zero-order chi connectivity index (χ0) is 13.3. The molecule has 96 valence electrons. The molecule has 1 aromatic rings. The van der Waals surface area contributed by atoms with E-state index in [9.17, 15) is 14.7 Å². The van der Waals surface area contributed by atoms with Crippen LogP contribution in [-0.4, -0.2) is 50.7 Å². The number of halogens is 1. The first-order valence-electron chi connectivity index (χ1n) is 5.32. The van der Waals surface area contributed by atoms with Gasteiger partial charge in [0.1, 0.15) is 10.6 Å². The van der Waals surface area contributed by atoms with Crippen molar-refractivity contribution in [3.63, 3.8) is 0 Å². The molecule has 6 nitrogen and oxygen atoms in total. The lowest BCUT2D eigenvalue weighted by molar-refractivity contribution is -0.141. The standard InChI is InChI=1S/C11H11BrN2O4/c12-9-2-1-6(4-13-9)10(16)14-5-7(15)3-8(14)11(17)18/h1-2,4,7-8,15H,3,5H2,(H,17,18)/t7?,8-/m0/s1. The van der Waals surface area contributed by atoms with Crippen LogP contribution in [0.15, 0.2) is 22.9 Å². The molecule has 2 atom stereocenters. The van der Waals surface area contributed by atoms with Crippen LogP contribution in [0.5, 0.6) is 0 Å². The number of likely N-dealkylation sites (tertiary alicyclic amines) is 1. The largest absolute Gasteiger partial charge is 0.480 e. The molecular formula is C11H11BrN2O4. The Kier molecular flexibility index (Phi) is 3.63. The van der Waals surface area contributed by atoms with Crippen LogP contribution in [-0.2, 0) is 4.79 Å². The molecule has 0 bridgehead atoms. The van der Waals surface area contributed by atoms with Gasteiger partial charge in [0.15, 0.2) is 0 Å². The molecule has 1 fully saturated rings. The number of rotatable bonds is 2. The van der Waals surface area contributed by atoms with Crippen molar-refractivity contribution in [1.82, 2.24) is 9.88 Å². The molecule has 1 aliphatic rings. The highest BCUT2D eigenvalue weighted by atomic mass is 79.9. The van der Waals surface area contributed by atoms with Gasteiger partial charge in [-0.05, 0) is 28.1 Å². The van der Waals surface area contributed by atoms with Gasteiger partial charge in [-0.2, -0.15) is 0 Å². The summed E-state index contributed by atoms with van der Waals surface area (Å²) in [4.78, 5) is 28.2. The van der Waals surface area contributed by atoms with Gasteiger partial charge < -0.3 is 15.1 Å². The van der Waals surface area contributed by atoms with Crippen LogP contribution in [0.25, 0.3) is 0 Å². The van der Waals surface area contributed by atoms with Crippen molar-refractivity contribution in [3.8, 4) is 0 Å². The third kappa shape index (κ3) is 2.51. The van der Waals surface area contributed by atoms with Gasteiger partial charge in [-0.15, -0.1) is 0 Å². The number of carboxylic acid groups (broad SMARTS) is 1. The number of hydrogen-bond donors (Lipinski definition) is 2. The molecule has 18 heavy (non-hydrogen) atoms. The number of aliphatic carboxylic acids is 1. The summed E-state index contributed by atoms with van der Waals surface area (Å²) in [6.45, 7) is 0.0336. The number of nitrogens with zero attached hydrogens (tertiary/aromatic N) is 2. The van der Waals surface area contributed by atoms with Gasteiger partial charge in [0.05, 0.1) is 11.7 Å². The monoisotopic (exact) mass is 314 g/mol. The molecule has 0 aromatic carbocycles. The molecule has 1 aliphatic heterocycles. The van der Waals surface area contributed by atoms with E-state index < -0.39 is 24.0 Å². The summed E-state index contributed by atoms with van der Waals surface area (Å²) in [5, 5.41) is 18.5. The number of amides is 1. The molecule has 0 radical (unpaired) electrons. The Morgan fingerprint density at radius 1 is 1.44 bits per heavy atom. The number of hydrogen-bond acceptors (Lipinski definition) is 4. The maximum absolute atomic E-state index is 12.1. The number of aliphatic hydroxyl groups excluding tert-OH is 1. The third-order valence-electron chi connectivity index (χ3n) is 2.80. The fourth-order valence-electron chi connectivity index (χ4n) is 1.94. The minimum absolute atomic E-state index is 0.0336. The maximum atomic E-state index is 12.1. The van der Waals surface area contributed by atoms with Gasteiger partial charge in [-0.1, -0.05) is 0 Å². The molecule has 0 saturated carbocycles. The molecule has 0 spiro atoms. The maximum Gasteiger partial charge on any atom is 0.326 e. The number of β-amino-alcohol motifs (C(OH)–C–C–N with tert-alkyl or cyclic N) is 1. The van der Waals surface area contributed by atoms with E-state index in [1.165, 1.54) is 6.20 Å². The number of pyridine rings is 1. The van der Waals surface area contributed by atoms with Crippen molar-refractivity contribution in [3.05, 3.63) is 28.5 Å². The van der Waals surface area contributed by atoms with Crippen LogP contribution in [0.3, 0.4) is 0 Å². The molecule has 1 saturated heterocycles. The fraction of sp³-hybridized carbons (Fsp3) is 0.364. The van der Waals surface area contributed by atoms with Crippen molar-refractivity contribution < 1.29 is 19.8 Å². The Morgan fingerprint density at radius 3 is 2.72 bits per heavy atom. The Balaban J connectivity index is 2.22. The van der Waals surface area contributed by atoms with Gasteiger partial charge >= 0.3 is 5.97 Å². The predicted molar refractivity (Wildman–Crippen MR) is 65.0 cm³/mol. The first kappa shape index (κ1) is 13.0. The average Bonchev–Trinajstić information content (AvgIpc) is 2.71. The molecule has 2 N–H and O–H groups in total. The Bertz CT molecular complexity index is 476. The summed E-state index contributed by atoms with van der Waals surface area (Å²) in [7, 11) is 0. The van der Waals surface area contributed by atoms with E-state index in [2.05, 4.69) is 20.9 Å². The summed E-state index contributed by atoms with van der Waals surface area (Å²) in [5.74, 6) is -1.54. The quantitative estimate of drug-likeness (QED) is 0.776. The zero-order valence-corrected chi connectivity index (χ0v) is 10.9. The SMILES string of the molecule is O=C(O)[C@@H]1CC(O)CN1C(=O)c1ccc(Br)nc1. The Labute approximate surface area is 111 Å². The highest BCUT2D eigenvalue weighted by Crippen LogP contribution is 2.21. The van der Waals surface area contributed by atoms with Crippen molar-refractivity contribution in [2.24, 2.45) is 0 Å². The van der Waals surface area contributed by atoms with Crippen LogP contribution >= 0.6 is 15.9 Å². The van der Waals surface area contributed by atoms with Crippen molar-refractivity contribution in [2.45, 2.75) is 18.6 Å². The van der Waals surface area contributed by atoms with Gasteiger partial charge in [0, 0.05) is 19.2 Å². The highest BCUT2D eigenvalue weighted by molar-refractivity contribution is 9.10. The van der Waals surface area contributed by atoms with E-state index in [0.717, 1.165) is 4.90 Å². The second kappa shape index (κ2) is 5.03. The predicted octanol–water partition coefficient (Wildman–Crippen LogP) is 0.504. The van der Waals surface area contributed by atoms with Crippen molar-refractivity contribution in [2.75, 3.05) is 6.54 Å². The van der Waals surface area contributed by atoms with Gasteiger partial charge in [0.2, 0.25) is 0 Å². The lowest BCUT2D eigenvalue weighted by atomic mass is 10.2. The molecule has 2 rings (SSSR count). The fourth-order valence-corrected chi connectivity index (χ4v) is 2.18. The lowest BCUT2D eigenvalue weighted by Crippen LogP contribution is -2.40. The van der Waals surface area contributed by atoms with Crippen LogP contribution < -0.4 is 0 Å². The number of carbonyl (C=O) groups is 2. The van der Waals surface area contributed by atoms with Gasteiger partial charge in [-0.3, -0.25) is 4.79 Å². The first-order chi connectivity index (χ1) is 8.49. The summed E-state index contributed by atoms with van der Waals surface area (Å²) in [6, 6.07) is 2.19. The minimum atomic E-state index is -1.11. The molecular weight excluding hydrogens is 304 g/mol. The van der Waals surface area contributed by atoms with Crippen LogP contribution in [0.1, 0.15) is 16.8 Å². The summed E-state index contributed by atoms with van der Waals surface area (Å²) in [6.07, 6.45) is 0.639. The van der Waals surface area contributed by atoms with Crippen molar-refractivity contribution >= 4 is 27.8 Å². The van der Waals surface area contributed by atoms with E-state index in [1.54, 1.807) is 12.1 Å². The number of aromatic nitrogens is 1. The second-order valence-corrected chi connectivity index (χ2v) is 4.88. The smallest absolute Gasteiger partial charge is 0.326 e. The Morgan fingerprint density at radius 2 is 2.17 bits per heavy atom. The van der Waals surface area contributed by atoms with Crippen LogP contribution in [0, 0.1) is 0 Å². The normalized spacial score (nSPS) is 23.1. The van der Waals surface area contributed by atoms with Gasteiger partial charge in [-0.25, -0.2) is 9.78 Å². The van der Waals surface area contributed by atoms with Gasteiger partial charge in [0.25, 0.3) is 5.91 Å². The topological polar surface area (TPSA) is 90.7 Å². The molecule has 1 amide bonds. The number of aliphatic hydroxyl groups is 1. The molecule has 0 aliphatic carbocycles. The van der Waals surface area contributed by atoms with E-state index in [1.807, 2.05) is 0 Å². The number of carbonyl (C=O) groups excluding carboxylic acids is 1. The van der Waals surface area contributed by atoms with E-state index in [0.29, 0.717) is 10.2 Å².